The van der Waals surface area contributed by atoms with Crippen molar-refractivity contribution >= 4 is 0 Å². The third-order valence-electron chi connectivity index (χ3n) is 2.28. The zero-order valence-electron chi connectivity index (χ0n) is 8.95. The van der Waals surface area contributed by atoms with Crippen LogP contribution in [0.4, 0.5) is 0 Å². The minimum absolute atomic E-state index is 0.290. The number of phenolic OH excluding ortho intramolecular Hbond substituents is 1. The predicted molar refractivity (Wildman–Crippen MR) is 60.8 cm³/mol. The second-order valence-electron chi connectivity index (χ2n) is 3.63. The van der Waals surface area contributed by atoms with Crippen molar-refractivity contribution in [3.8, 4) is 5.75 Å². The molecule has 1 aromatic rings. The number of aliphatic hydroxyl groups is 1. The van der Waals surface area contributed by atoms with Gasteiger partial charge in [0, 0.05) is 13.2 Å². The number of rotatable bonds is 7. The van der Waals surface area contributed by atoms with Crippen LogP contribution in [0.1, 0.15) is 24.8 Å². The Hall–Kier alpha value is -1.06. The maximum Gasteiger partial charge on any atom is 0.115 e. The van der Waals surface area contributed by atoms with Crippen LogP contribution in [0, 0.1) is 0 Å². The van der Waals surface area contributed by atoms with E-state index in [0.29, 0.717) is 5.75 Å². The van der Waals surface area contributed by atoms with Gasteiger partial charge in [0.15, 0.2) is 0 Å². The number of hydrogen-bond donors (Lipinski definition) is 3. The molecule has 0 bridgehead atoms. The number of hydrogen-bond acceptors (Lipinski definition) is 3. The molecule has 3 N–H and O–H groups in total. The first-order valence-electron chi connectivity index (χ1n) is 5.42. The number of benzene rings is 1. The van der Waals surface area contributed by atoms with Gasteiger partial charge in [0.25, 0.3) is 0 Å². The molecule has 0 atom stereocenters. The number of unbranched alkanes of at least 4 members (excludes halogenated alkanes) is 2. The average Bonchev–Trinajstić information content (AvgIpc) is 2.26. The lowest BCUT2D eigenvalue weighted by Crippen LogP contribution is -2.14. The van der Waals surface area contributed by atoms with Crippen molar-refractivity contribution in [1.29, 1.82) is 0 Å². The van der Waals surface area contributed by atoms with Crippen LogP contribution in [0.5, 0.6) is 5.75 Å². The molecule has 3 heteroatoms. The van der Waals surface area contributed by atoms with Gasteiger partial charge in [-0.1, -0.05) is 12.1 Å². The molecule has 0 heterocycles. The first-order valence-corrected chi connectivity index (χ1v) is 5.42. The summed E-state index contributed by atoms with van der Waals surface area (Å²) in [7, 11) is 0. The van der Waals surface area contributed by atoms with Crippen LogP contribution in [0.15, 0.2) is 24.3 Å². The Bertz CT molecular complexity index is 259. The lowest BCUT2D eigenvalue weighted by Gasteiger charge is -2.04. The first-order chi connectivity index (χ1) is 7.33. The summed E-state index contributed by atoms with van der Waals surface area (Å²) < 4.78 is 0. The summed E-state index contributed by atoms with van der Waals surface area (Å²) in [6.07, 6.45) is 3.05. The second kappa shape index (κ2) is 7.26. The largest absolute Gasteiger partial charge is 0.508 e. The van der Waals surface area contributed by atoms with E-state index in [1.807, 2.05) is 12.1 Å². The van der Waals surface area contributed by atoms with E-state index < -0.39 is 0 Å². The highest BCUT2D eigenvalue weighted by atomic mass is 16.3. The fourth-order valence-corrected chi connectivity index (χ4v) is 1.39. The lowest BCUT2D eigenvalue weighted by atomic mass is 10.2. The van der Waals surface area contributed by atoms with Gasteiger partial charge >= 0.3 is 0 Å². The Labute approximate surface area is 90.8 Å². The Morgan fingerprint density at radius 1 is 1.00 bits per heavy atom. The van der Waals surface area contributed by atoms with E-state index in [9.17, 15) is 0 Å². The molecule has 0 aromatic heterocycles. The first kappa shape index (κ1) is 12.0. The van der Waals surface area contributed by atoms with Crippen LogP contribution in [0.2, 0.25) is 0 Å². The molecule has 1 rings (SSSR count). The molecule has 0 spiro atoms. The second-order valence-corrected chi connectivity index (χ2v) is 3.63. The SMILES string of the molecule is OCCCCCNCc1ccc(O)cc1. The number of aromatic hydroxyl groups is 1. The van der Waals surface area contributed by atoms with Crippen molar-refractivity contribution in [2.45, 2.75) is 25.8 Å². The molecular formula is C12H19NO2. The highest BCUT2D eigenvalue weighted by molar-refractivity contribution is 5.25. The van der Waals surface area contributed by atoms with Gasteiger partial charge in [-0.25, -0.2) is 0 Å². The normalized spacial score (nSPS) is 10.5. The smallest absolute Gasteiger partial charge is 0.115 e. The fourth-order valence-electron chi connectivity index (χ4n) is 1.39. The maximum absolute atomic E-state index is 9.08. The van der Waals surface area contributed by atoms with E-state index in [-0.39, 0.29) is 6.61 Å². The Morgan fingerprint density at radius 3 is 2.40 bits per heavy atom. The molecule has 84 valence electrons. The lowest BCUT2D eigenvalue weighted by molar-refractivity contribution is 0.283. The standard InChI is InChI=1S/C12H19NO2/c14-9-3-1-2-8-13-10-11-4-6-12(15)7-5-11/h4-7,13-15H,1-3,8-10H2. The summed E-state index contributed by atoms with van der Waals surface area (Å²) in [6, 6.07) is 7.22. The molecule has 0 radical (unpaired) electrons. The van der Waals surface area contributed by atoms with Crippen LogP contribution in [-0.4, -0.2) is 23.4 Å². The van der Waals surface area contributed by atoms with Crippen molar-refractivity contribution in [1.82, 2.24) is 5.32 Å². The van der Waals surface area contributed by atoms with Crippen LogP contribution in [-0.2, 0) is 6.54 Å². The minimum Gasteiger partial charge on any atom is -0.508 e. The monoisotopic (exact) mass is 209 g/mol. The molecular weight excluding hydrogens is 190 g/mol. The molecule has 0 saturated carbocycles. The van der Waals surface area contributed by atoms with E-state index in [0.717, 1.165) is 32.4 Å². The van der Waals surface area contributed by atoms with Gasteiger partial charge < -0.3 is 15.5 Å². The number of nitrogens with one attached hydrogen (secondary N) is 1. The van der Waals surface area contributed by atoms with Gasteiger partial charge in [0.05, 0.1) is 0 Å². The van der Waals surface area contributed by atoms with E-state index in [1.54, 1.807) is 12.1 Å². The summed E-state index contributed by atoms with van der Waals surface area (Å²) in [4.78, 5) is 0. The van der Waals surface area contributed by atoms with E-state index in [2.05, 4.69) is 5.32 Å². The van der Waals surface area contributed by atoms with Gasteiger partial charge in [0.2, 0.25) is 0 Å². The Kier molecular flexibility index (Phi) is 5.81. The molecule has 0 saturated heterocycles. The molecule has 0 unspecified atom stereocenters. The number of phenols is 1. The maximum atomic E-state index is 9.08. The highest BCUT2D eigenvalue weighted by Crippen LogP contribution is 2.09. The van der Waals surface area contributed by atoms with Gasteiger partial charge in [-0.15, -0.1) is 0 Å². The zero-order chi connectivity index (χ0) is 10.9. The number of aliphatic hydroxyl groups excluding tert-OH is 1. The van der Waals surface area contributed by atoms with Crippen molar-refractivity contribution in [2.75, 3.05) is 13.2 Å². The highest BCUT2D eigenvalue weighted by Gasteiger charge is 1.93. The summed E-state index contributed by atoms with van der Waals surface area (Å²) >= 11 is 0. The predicted octanol–water partition coefficient (Wildman–Crippen LogP) is 1.64. The van der Waals surface area contributed by atoms with Crippen LogP contribution < -0.4 is 5.32 Å². The summed E-state index contributed by atoms with van der Waals surface area (Å²) in [5.41, 5.74) is 1.18. The van der Waals surface area contributed by atoms with Crippen LogP contribution in [0.25, 0.3) is 0 Å². The van der Waals surface area contributed by atoms with E-state index in [4.69, 9.17) is 10.2 Å². The van der Waals surface area contributed by atoms with Crippen molar-refractivity contribution < 1.29 is 10.2 Å². The van der Waals surface area contributed by atoms with Crippen molar-refractivity contribution in [3.05, 3.63) is 29.8 Å². The summed E-state index contributed by atoms with van der Waals surface area (Å²) in [5.74, 6) is 0.307. The quantitative estimate of drug-likeness (QED) is 0.598. The third-order valence-corrected chi connectivity index (χ3v) is 2.28. The van der Waals surface area contributed by atoms with Gasteiger partial charge in [-0.3, -0.25) is 0 Å². The molecule has 15 heavy (non-hydrogen) atoms. The molecule has 0 aliphatic rings. The molecule has 3 nitrogen and oxygen atoms in total. The van der Waals surface area contributed by atoms with Gasteiger partial charge in [-0.2, -0.15) is 0 Å². The average molecular weight is 209 g/mol. The molecule has 0 aliphatic heterocycles. The fraction of sp³-hybridized carbons (Fsp3) is 0.500. The minimum atomic E-state index is 0.290. The van der Waals surface area contributed by atoms with Gasteiger partial charge in [0.1, 0.15) is 5.75 Å². The zero-order valence-corrected chi connectivity index (χ0v) is 8.95. The Morgan fingerprint density at radius 2 is 1.73 bits per heavy atom. The van der Waals surface area contributed by atoms with E-state index >= 15 is 0 Å². The van der Waals surface area contributed by atoms with Crippen LogP contribution >= 0.6 is 0 Å². The van der Waals surface area contributed by atoms with E-state index in [1.165, 1.54) is 5.56 Å². The van der Waals surface area contributed by atoms with Crippen molar-refractivity contribution in [3.63, 3.8) is 0 Å². The van der Waals surface area contributed by atoms with Gasteiger partial charge in [-0.05, 0) is 43.5 Å². The third kappa shape index (κ3) is 5.40. The summed E-state index contributed by atoms with van der Waals surface area (Å²) in [5, 5.41) is 21.0. The van der Waals surface area contributed by atoms with Crippen molar-refractivity contribution in [2.24, 2.45) is 0 Å². The molecule has 1 aromatic carbocycles. The topological polar surface area (TPSA) is 52.5 Å². The molecule has 0 aliphatic carbocycles. The summed E-state index contributed by atoms with van der Waals surface area (Å²) in [6.45, 7) is 2.10. The Balaban J connectivity index is 2.07. The molecule has 0 fully saturated rings. The van der Waals surface area contributed by atoms with Crippen LogP contribution in [0.3, 0.4) is 0 Å². The molecule has 0 amide bonds.